The van der Waals surface area contributed by atoms with E-state index in [9.17, 15) is 29.7 Å². The third-order valence-corrected chi connectivity index (χ3v) is 16.5. The minimum absolute atomic E-state index is 0.0352. The van der Waals surface area contributed by atoms with Gasteiger partial charge in [-0.3, -0.25) is 9.59 Å². The molecule has 0 aromatic carbocycles. The zero-order chi connectivity index (χ0) is 33.7. The average molecular weight is 765 g/mol. The first-order chi connectivity index (χ1) is 23.0. The lowest BCUT2D eigenvalue weighted by atomic mass is 10.1. The van der Waals surface area contributed by atoms with Crippen LogP contribution in [0.25, 0.3) is 58.5 Å². The van der Waals surface area contributed by atoms with E-state index in [-0.39, 0.29) is 17.7 Å². The molecular weight excluding hydrogens is 741 g/mol. The van der Waals surface area contributed by atoms with Crippen LogP contribution in [0.1, 0.15) is 31.9 Å². The Bertz CT molecular complexity index is 2330. The van der Waals surface area contributed by atoms with Crippen LogP contribution in [0, 0.1) is 13.8 Å². The van der Waals surface area contributed by atoms with E-state index in [4.69, 9.17) is 0 Å². The minimum atomic E-state index is -1.06. The molecule has 48 heavy (non-hydrogen) atoms. The molecule has 0 radical (unpaired) electrons. The molecule has 0 saturated carbocycles. The number of aliphatic carboxylic acids is 2. The molecule has 0 aliphatic carbocycles. The Labute approximate surface area is 303 Å². The molecule has 0 unspecified atom stereocenters. The summed E-state index contributed by atoms with van der Waals surface area (Å²) in [6.45, 7) is 4.18. The van der Waals surface area contributed by atoms with Gasteiger partial charge in [0.15, 0.2) is 0 Å². The number of thiophene rings is 7. The summed E-state index contributed by atoms with van der Waals surface area (Å²) in [5.41, 5.74) is 3.70. The van der Waals surface area contributed by atoms with Gasteiger partial charge in [-0.15, -0.1) is 79.4 Å². The number of carboxylic acids is 3. The molecular formula is C35H24O6S7. The van der Waals surface area contributed by atoms with Gasteiger partial charge in [-0.2, -0.15) is 0 Å². The lowest BCUT2D eigenvalue weighted by Crippen LogP contribution is -1.99. The maximum Gasteiger partial charge on any atom is 0.345 e. The van der Waals surface area contributed by atoms with Gasteiger partial charge in [-0.1, -0.05) is 0 Å². The van der Waals surface area contributed by atoms with Crippen molar-refractivity contribution < 1.29 is 29.7 Å². The Morgan fingerprint density at radius 3 is 1.54 bits per heavy atom. The summed E-state index contributed by atoms with van der Waals surface area (Å²) in [6, 6.07) is 20.2. The Kier molecular flexibility index (Phi) is 9.11. The summed E-state index contributed by atoms with van der Waals surface area (Å²) in [6.07, 6.45) is -0.269. The summed E-state index contributed by atoms with van der Waals surface area (Å²) < 4.78 is 0. The van der Waals surface area contributed by atoms with Crippen molar-refractivity contribution in [3.05, 3.63) is 93.2 Å². The highest BCUT2D eigenvalue weighted by Gasteiger charge is 2.22. The van der Waals surface area contributed by atoms with Gasteiger partial charge in [0.25, 0.3) is 0 Å². The second-order valence-electron chi connectivity index (χ2n) is 10.9. The van der Waals surface area contributed by atoms with E-state index < -0.39 is 17.9 Å². The van der Waals surface area contributed by atoms with E-state index in [2.05, 4.69) is 55.6 Å². The highest BCUT2D eigenvalue weighted by atomic mass is 32.1. The quantitative estimate of drug-likeness (QED) is 0.121. The fourth-order valence-corrected chi connectivity index (χ4v) is 13.5. The van der Waals surface area contributed by atoms with Crippen molar-refractivity contribution in [2.45, 2.75) is 26.7 Å². The van der Waals surface area contributed by atoms with Gasteiger partial charge in [0.2, 0.25) is 0 Å². The molecule has 7 heterocycles. The fourth-order valence-electron chi connectivity index (χ4n) is 5.33. The first-order valence-corrected chi connectivity index (χ1v) is 20.2. The summed E-state index contributed by atoms with van der Waals surface area (Å²) in [5, 5.41) is 30.7. The SMILES string of the molecule is Cc1ccsc1-c1ccc(-c2sc(-c3ccc(-c4cc(C)c(-c5ccc(-c6sc(C(=O)O)cc6CC(=O)O)s5)s4)s3)cc2CC(=O)O)s1. The van der Waals surface area contributed by atoms with Crippen LogP contribution in [0.2, 0.25) is 0 Å². The maximum atomic E-state index is 11.8. The number of hydrogen-bond donors (Lipinski definition) is 3. The van der Waals surface area contributed by atoms with Crippen LogP contribution < -0.4 is 0 Å². The minimum Gasteiger partial charge on any atom is -0.481 e. The summed E-state index contributed by atoms with van der Waals surface area (Å²) in [7, 11) is 0. The Morgan fingerprint density at radius 1 is 0.500 bits per heavy atom. The van der Waals surface area contributed by atoms with Gasteiger partial charge in [-0.05, 0) is 102 Å². The number of aromatic carboxylic acids is 1. The van der Waals surface area contributed by atoms with E-state index >= 15 is 0 Å². The van der Waals surface area contributed by atoms with Gasteiger partial charge < -0.3 is 15.3 Å². The first kappa shape index (κ1) is 32.8. The second-order valence-corrected chi connectivity index (χ2v) is 18.2. The molecule has 7 aromatic heterocycles. The van der Waals surface area contributed by atoms with E-state index in [1.165, 1.54) is 32.7 Å². The highest BCUT2D eigenvalue weighted by Crippen LogP contribution is 2.49. The molecule has 0 bridgehead atoms. The van der Waals surface area contributed by atoms with Crippen molar-refractivity contribution in [3.8, 4) is 58.5 Å². The van der Waals surface area contributed by atoms with E-state index in [1.807, 2.05) is 18.2 Å². The molecule has 6 nitrogen and oxygen atoms in total. The highest BCUT2D eigenvalue weighted by molar-refractivity contribution is 7.31. The van der Waals surface area contributed by atoms with Gasteiger partial charge in [0.1, 0.15) is 4.88 Å². The zero-order valence-electron chi connectivity index (χ0n) is 25.2. The molecule has 7 aromatic rings. The molecule has 0 saturated heterocycles. The van der Waals surface area contributed by atoms with Crippen LogP contribution >= 0.6 is 79.4 Å². The van der Waals surface area contributed by atoms with E-state index in [1.54, 1.807) is 56.7 Å². The van der Waals surface area contributed by atoms with Gasteiger partial charge in [0, 0.05) is 58.5 Å². The van der Waals surface area contributed by atoms with E-state index in [0.717, 1.165) is 66.4 Å². The van der Waals surface area contributed by atoms with Crippen LogP contribution in [0.5, 0.6) is 0 Å². The molecule has 13 heteroatoms. The van der Waals surface area contributed by atoms with Crippen molar-refractivity contribution in [2.75, 3.05) is 0 Å². The van der Waals surface area contributed by atoms with Crippen LogP contribution in [0.3, 0.4) is 0 Å². The summed E-state index contributed by atoms with van der Waals surface area (Å²) in [5.74, 6) is -2.92. The van der Waals surface area contributed by atoms with Crippen molar-refractivity contribution in [1.82, 2.24) is 0 Å². The summed E-state index contributed by atoms with van der Waals surface area (Å²) in [4.78, 5) is 47.6. The molecule has 0 aliphatic rings. The Hall–Kier alpha value is -3.69. The molecule has 0 amide bonds. The Morgan fingerprint density at radius 2 is 0.979 bits per heavy atom. The maximum absolute atomic E-state index is 11.8. The van der Waals surface area contributed by atoms with Gasteiger partial charge in [0.05, 0.1) is 12.8 Å². The summed E-state index contributed by atoms with van der Waals surface area (Å²) >= 11 is 11.1. The van der Waals surface area contributed by atoms with Crippen LogP contribution in [-0.4, -0.2) is 33.2 Å². The second kappa shape index (κ2) is 13.3. The number of rotatable bonds is 11. The van der Waals surface area contributed by atoms with Crippen molar-refractivity contribution >= 4 is 97.3 Å². The number of carbonyl (C=O) groups is 3. The van der Waals surface area contributed by atoms with Gasteiger partial charge >= 0.3 is 17.9 Å². The molecule has 242 valence electrons. The molecule has 0 aliphatic heterocycles. The van der Waals surface area contributed by atoms with Crippen molar-refractivity contribution in [2.24, 2.45) is 0 Å². The lowest BCUT2D eigenvalue weighted by molar-refractivity contribution is -0.137. The van der Waals surface area contributed by atoms with E-state index in [0.29, 0.717) is 10.4 Å². The first-order valence-electron chi connectivity index (χ1n) is 14.4. The number of aryl methyl sites for hydroxylation is 2. The van der Waals surface area contributed by atoms with Crippen molar-refractivity contribution in [3.63, 3.8) is 0 Å². The predicted octanol–water partition coefficient (Wildman–Crippen LogP) is 11.7. The zero-order valence-corrected chi connectivity index (χ0v) is 30.9. The molecule has 0 spiro atoms. The fraction of sp³-hybridized carbons (Fsp3) is 0.114. The standard InChI is InChI=1S/C35H24O6S7/c1-16-9-10-42-31(16)22-5-7-24(44-22)33-18(14-29(36)37)12-27(47-33)21-4-3-20(43-21)26-11-17(2)32(46-26)23-6-8-25(45-23)34-19(15-30(38)39)13-28(48-34)35(40)41/h3-13H,14-15H2,1-2H3,(H,36,37)(H,38,39)(H,40,41). The lowest BCUT2D eigenvalue weighted by Gasteiger charge is -1.98. The van der Waals surface area contributed by atoms with Crippen LogP contribution in [0.4, 0.5) is 0 Å². The normalized spacial score (nSPS) is 11.4. The third kappa shape index (κ3) is 6.51. The van der Waals surface area contributed by atoms with Crippen LogP contribution in [-0.2, 0) is 22.4 Å². The van der Waals surface area contributed by atoms with Crippen molar-refractivity contribution in [1.29, 1.82) is 0 Å². The topological polar surface area (TPSA) is 112 Å². The van der Waals surface area contributed by atoms with Gasteiger partial charge in [-0.25, -0.2) is 4.79 Å². The molecule has 0 fully saturated rings. The average Bonchev–Trinajstić information content (AvgIpc) is 3.85. The molecule has 3 N–H and O–H groups in total. The predicted molar refractivity (Wildman–Crippen MR) is 203 cm³/mol. The van der Waals surface area contributed by atoms with Crippen LogP contribution in [0.15, 0.2) is 66.0 Å². The number of carboxylic acid groups (broad SMARTS) is 3. The molecule has 7 rings (SSSR count). The molecule has 0 atom stereocenters. The number of hydrogen-bond acceptors (Lipinski definition) is 10. The smallest absolute Gasteiger partial charge is 0.345 e. The monoisotopic (exact) mass is 764 g/mol. The third-order valence-electron chi connectivity index (χ3n) is 7.49. The Balaban J connectivity index is 1.17. The largest absolute Gasteiger partial charge is 0.481 e.